The van der Waals surface area contributed by atoms with Gasteiger partial charge in [-0.25, -0.2) is 0 Å². The van der Waals surface area contributed by atoms with E-state index in [0.29, 0.717) is 0 Å². The summed E-state index contributed by atoms with van der Waals surface area (Å²) in [6, 6.07) is 6.74. The maximum absolute atomic E-state index is 9.09. The zero-order valence-electron chi connectivity index (χ0n) is 8.63. The molecule has 0 atom stereocenters. The molecule has 1 aromatic rings. The molecule has 1 fully saturated rings. The number of nitrogens with zero attached hydrogens (tertiary/aromatic N) is 3. The fourth-order valence-electron chi connectivity index (χ4n) is 1.60. The average Bonchev–Trinajstić information content (AvgIpc) is 2.30. The van der Waals surface area contributed by atoms with E-state index in [9.17, 15) is 0 Å². The second-order valence-corrected chi connectivity index (χ2v) is 3.72. The number of phenolic OH excluding ortho intramolecular Hbond substituents is 1. The van der Waals surface area contributed by atoms with Gasteiger partial charge in [-0.3, -0.25) is 5.01 Å². The summed E-state index contributed by atoms with van der Waals surface area (Å²) < 4.78 is 0. The predicted molar refractivity (Wildman–Crippen MR) is 58.0 cm³/mol. The molecule has 1 aliphatic rings. The van der Waals surface area contributed by atoms with Crippen LogP contribution >= 0.6 is 0 Å². The molecule has 1 N–H and O–H groups in total. The Labute approximate surface area is 89.2 Å². The first-order chi connectivity index (χ1) is 7.34. The van der Waals surface area contributed by atoms with Crippen LogP contribution in [0.3, 0.4) is 0 Å². The summed E-state index contributed by atoms with van der Waals surface area (Å²) in [7, 11) is 0. The van der Waals surface area contributed by atoms with Gasteiger partial charge < -0.3 is 5.11 Å². The quantitative estimate of drug-likeness (QED) is 0.754. The molecule has 1 aromatic carbocycles. The van der Waals surface area contributed by atoms with Gasteiger partial charge in [0, 0.05) is 13.1 Å². The molecule has 1 heterocycles. The van der Waals surface area contributed by atoms with E-state index in [1.165, 1.54) is 19.3 Å². The highest BCUT2D eigenvalue weighted by Crippen LogP contribution is 2.18. The van der Waals surface area contributed by atoms with Crippen molar-refractivity contribution in [3.8, 4) is 5.75 Å². The normalized spacial score (nSPS) is 17.2. The van der Waals surface area contributed by atoms with Crippen molar-refractivity contribution in [2.24, 2.45) is 10.3 Å². The number of rotatable bonds is 2. The van der Waals surface area contributed by atoms with Crippen LogP contribution in [0.5, 0.6) is 5.75 Å². The largest absolute Gasteiger partial charge is 0.508 e. The Morgan fingerprint density at radius 1 is 1.00 bits per heavy atom. The molecule has 80 valence electrons. The molecule has 0 bridgehead atoms. The van der Waals surface area contributed by atoms with E-state index in [2.05, 4.69) is 10.3 Å². The van der Waals surface area contributed by atoms with Gasteiger partial charge >= 0.3 is 0 Å². The lowest BCUT2D eigenvalue weighted by Crippen LogP contribution is -2.23. The minimum Gasteiger partial charge on any atom is -0.508 e. The first-order valence-corrected chi connectivity index (χ1v) is 5.30. The van der Waals surface area contributed by atoms with Crippen LogP contribution in [-0.2, 0) is 0 Å². The summed E-state index contributed by atoms with van der Waals surface area (Å²) >= 11 is 0. The van der Waals surface area contributed by atoms with E-state index < -0.39 is 0 Å². The Morgan fingerprint density at radius 3 is 2.33 bits per heavy atom. The molecule has 0 radical (unpaired) electrons. The monoisotopic (exact) mass is 205 g/mol. The molecule has 0 spiro atoms. The lowest BCUT2D eigenvalue weighted by molar-refractivity contribution is 0.224. The molecule has 0 aliphatic carbocycles. The zero-order valence-corrected chi connectivity index (χ0v) is 8.63. The van der Waals surface area contributed by atoms with Crippen molar-refractivity contribution in [1.82, 2.24) is 5.01 Å². The summed E-state index contributed by atoms with van der Waals surface area (Å²) in [4.78, 5) is 0. The first kappa shape index (κ1) is 9.96. The van der Waals surface area contributed by atoms with Gasteiger partial charge in [0.2, 0.25) is 0 Å². The van der Waals surface area contributed by atoms with Crippen LogP contribution in [0.1, 0.15) is 19.3 Å². The van der Waals surface area contributed by atoms with Crippen LogP contribution in [0.4, 0.5) is 5.69 Å². The molecule has 15 heavy (non-hydrogen) atoms. The number of phenols is 1. The molecule has 0 unspecified atom stereocenters. The Kier molecular flexibility index (Phi) is 3.17. The molecule has 4 nitrogen and oxygen atoms in total. The van der Waals surface area contributed by atoms with Crippen LogP contribution in [0, 0.1) is 0 Å². The minimum atomic E-state index is 0.256. The average molecular weight is 205 g/mol. The van der Waals surface area contributed by atoms with E-state index in [0.717, 1.165) is 18.8 Å². The highest BCUT2D eigenvalue weighted by molar-refractivity contribution is 5.39. The van der Waals surface area contributed by atoms with Gasteiger partial charge in [0.1, 0.15) is 5.75 Å². The molecule has 1 aliphatic heterocycles. The van der Waals surface area contributed by atoms with Crippen molar-refractivity contribution < 1.29 is 5.11 Å². The third-order valence-electron chi connectivity index (χ3n) is 2.47. The number of aromatic hydroxyl groups is 1. The Bertz CT molecular complexity index is 328. The van der Waals surface area contributed by atoms with E-state index in [-0.39, 0.29) is 5.75 Å². The lowest BCUT2D eigenvalue weighted by Gasteiger charge is -2.21. The smallest absolute Gasteiger partial charge is 0.115 e. The van der Waals surface area contributed by atoms with Gasteiger partial charge in [0.15, 0.2) is 0 Å². The molecule has 1 saturated heterocycles. The van der Waals surface area contributed by atoms with E-state index in [4.69, 9.17) is 5.11 Å². The number of hydrogen-bond acceptors (Lipinski definition) is 3. The highest BCUT2D eigenvalue weighted by atomic mass is 16.3. The van der Waals surface area contributed by atoms with Gasteiger partial charge in [0.05, 0.1) is 5.69 Å². The molecular formula is C11H15N3O. The number of benzene rings is 1. The van der Waals surface area contributed by atoms with Crippen molar-refractivity contribution in [3.63, 3.8) is 0 Å². The highest BCUT2D eigenvalue weighted by Gasteiger charge is 2.06. The van der Waals surface area contributed by atoms with E-state index >= 15 is 0 Å². The predicted octanol–water partition coefficient (Wildman–Crippen LogP) is 2.88. The van der Waals surface area contributed by atoms with Crippen molar-refractivity contribution in [1.29, 1.82) is 0 Å². The summed E-state index contributed by atoms with van der Waals surface area (Å²) in [5.74, 6) is 0.256. The second-order valence-electron chi connectivity index (χ2n) is 3.72. The maximum Gasteiger partial charge on any atom is 0.115 e. The van der Waals surface area contributed by atoms with Crippen LogP contribution in [0.15, 0.2) is 34.6 Å². The molecule has 0 aromatic heterocycles. The Morgan fingerprint density at radius 2 is 1.67 bits per heavy atom. The van der Waals surface area contributed by atoms with Crippen LogP contribution < -0.4 is 0 Å². The van der Waals surface area contributed by atoms with Crippen LogP contribution in [0.2, 0.25) is 0 Å². The Hall–Kier alpha value is -1.58. The topological polar surface area (TPSA) is 48.2 Å². The summed E-state index contributed by atoms with van der Waals surface area (Å²) in [6.07, 6.45) is 3.70. The van der Waals surface area contributed by atoms with Gasteiger partial charge in [0.25, 0.3) is 0 Å². The van der Waals surface area contributed by atoms with Crippen molar-refractivity contribution in [3.05, 3.63) is 24.3 Å². The molecule has 0 amide bonds. The Balaban J connectivity index is 1.95. The van der Waals surface area contributed by atoms with Crippen molar-refractivity contribution >= 4 is 5.69 Å². The summed E-state index contributed by atoms with van der Waals surface area (Å²) in [6.45, 7) is 2.00. The van der Waals surface area contributed by atoms with Gasteiger partial charge in [-0.1, -0.05) is 5.22 Å². The van der Waals surface area contributed by atoms with Crippen LogP contribution in [0.25, 0.3) is 0 Å². The first-order valence-electron chi connectivity index (χ1n) is 5.30. The molecule has 0 saturated carbocycles. The van der Waals surface area contributed by atoms with Gasteiger partial charge in [-0.2, -0.15) is 0 Å². The lowest BCUT2D eigenvalue weighted by atomic mass is 10.2. The van der Waals surface area contributed by atoms with Gasteiger partial charge in [-0.05, 0) is 43.5 Å². The molecule has 4 heteroatoms. The summed E-state index contributed by atoms with van der Waals surface area (Å²) in [5.41, 5.74) is 0.776. The number of piperidine rings is 1. The molecular weight excluding hydrogens is 190 g/mol. The minimum absolute atomic E-state index is 0.256. The van der Waals surface area contributed by atoms with Gasteiger partial charge in [-0.15, -0.1) is 5.11 Å². The third kappa shape index (κ3) is 2.94. The second kappa shape index (κ2) is 4.77. The van der Waals surface area contributed by atoms with Crippen LogP contribution in [-0.4, -0.2) is 23.2 Å². The van der Waals surface area contributed by atoms with E-state index in [1.807, 2.05) is 5.01 Å². The van der Waals surface area contributed by atoms with Crippen molar-refractivity contribution in [2.45, 2.75) is 19.3 Å². The fraction of sp³-hybridized carbons (Fsp3) is 0.455. The fourth-order valence-corrected chi connectivity index (χ4v) is 1.60. The zero-order chi connectivity index (χ0) is 10.5. The SMILES string of the molecule is Oc1ccc(N=NN2CCCCC2)cc1. The third-order valence-corrected chi connectivity index (χ3v) is 2.47. The molecule has 2 rings (SSSR count). The van der Waals surface area contributed by atoms with Crippen molar-refractivity contribution in [2.75, 3.05) is 13.1 Å². The number of hydrogen-bond donors (Lipinski definition) is 1. The summed E-state index contributed by atoms with van der Waals surface area (Å²) in [5, 5.41) is 19.4. The van der Waals surface area contributed by atoms with E-state index in [1.54, 1.807) is 24.3 Å². The maximum atomic E-state index is 9.09. The standard InChI is InChI=1S/C11H15N3O/c15-11-6-4-10(5-7-11)12-13-14-8-2-1-3-9-14/h4-7,15H,1-3,8-9H2.